The zero-order valence-corrected chi connectivity index (χ0v) is 15.1. The number of aromatic nitrogens is 1. The van der Waals surface area contributed by atoms with Crippen LogP contribution in [0.15, 0.2) is 53.9 Å². The molecule has 1 heterocycles. The molecule has 0 unspecified atom stereocenters. The molecule has 1 amide bonds. The van der Waals surface area contributed by atoms with Crippen LogP contribution in [0.5, 0.6) is 5.75 Å². The van der Waals surface area contributed by atoms with Gasteiger partial charge < -0.3 is 10.1 Å². The van der Waals surface area contributed by atoms with Crippen LogP contribution in [-0.4, -0.2) is 10.9 Å². The molecule has 25 heavy (non-hydrogen) atoms. The molecular weight excluding hydrogens is 332 g/mol. The van der Waals surface area contributed by atoms with E-state index in [9.17, 15) is 4.79 Å². The first-order chi connectivity index (χ1) is 12.1. The van der Waals surface area contributed by atoms with Crippen molar-refractivity contribution in [3.05, 3.63) is 75.7 Å². The number of benzene rings is 2. The average molecular weight is 352 g/mol. The number of nitrogens with zero attached hydrogens (tertiary/aromatic N) is 1. The van der Waals surface area contributed by atoms with Gasteiger partial charge in [0, 0.05) is 11.1 Å². The van der Waals surface area contributed by atoms with Gasteiger partial charge in [-0.25, -0.2) is 4.98 Å². The van der Waals surface area contributed by atoms with E-state index in [1.165, 1.54) is 16.9 Å². The van der Waals surface area contributed by atoms with Gasteiger partial charge in [0.2, 0.25) is 5.91 Å². The number of amides is 1. The normalized spacial score (nSPS) is 10.5. The monoisotopic (exact) mass is 352 g/mol. The van der Waals surface area contributed by atoms with Crippen LogP contribution in [0, 0.1) is 13.8 Å². The van der Waals surface area contributed by atoms with Crippen molar-refractivity contribution in [2.75, 3.05) is 5.32 Å². The van der Waals surface area contributed by atoms with E-state index in [2.05, 4.69) is 17.2 Å². The summed E-state index contributed by atoms with van der Waals surface area (Å²) in [5, 5.41) is 5.69. The van der Waals surface area contributed by atoms with Crippen molar-refractivity contribution in [2.45, 2.75) is 26.9 Å². The summed E-state index contributed by atoms with van der Waals surface area (Å²) in [4.78, 5) is 16.7. The van der Waals surface area contributed by atoms with Gasteiger partial charge in [0.05, 0.1) is 12.1 Å². The Morgan fingerprint density at radius 2 is 1.92 bits per heavy atom. The van der Waals surface area contributed by atoms with E-state index in [0.717, 1.165) is 27.7 Å². The van der Waals surface area contributed by atoms with Crippen LogP contribution in [0.2, 0.25) is 0 Å². The Morgan fingerprint density at radius 3 is 2.68 bits per heavy atom. The maximum absolute atomic E-state index is 12.2. The second-order valence-corrected chi connectivity index (χ2v) is 6.80. The minimum atomic E-state index is -0.0657. The van der Waals surface area contributed by atoms with E-state index in [4.69, 9.17) is 4.74 Å². The highest BCUT2D eigenvalue weighted by atomic mass is 32.1. The number of carbonyl (C=O) groups excluding carboxylic acids is 1. The summed E-state index contributed by atoms with van der Waals surface area (Å²) in [5.41, 5.74) is 3.95. The zero-order valence-electron chi connectivity index (χ0n) is 14.3. The summed E-state index contributed by atoms with van der Waals surface area (Å²) in [5.74, 6) is 0.746. The molecule has 1 aromatic heterocycles. The summed E-state index contributed by atoms with van der Waals surface area (Å²) in [6.07, 6.45) is 0.259. The predicted molar refractivity (Wildman–Crippen MR) is 101 cm³/mol. The Hall–Kier alpha value is -2.66. The van der Waals surface area contributed by atoms with E-state index in [-0.39, 0.29) is 12.3 Å². The topological polar surface area (TPSA) is 51.2 Å². The van der Waals surface area contributed by atoms with E-state index < -0.39 is 0 Å². The molecule has 0 saturated heterocycles. The van der Waals surface area contributed by atoms with Gasteiger partial charge in [-0.15, -0.1) is 11.3 Å². The Balaban J connectivity index is 1.53. The standard InChI is InChI=1S/C20H20N2O2S/c1-14-8-9-16(10-15(14)2)21-19(23)11-17-13-25-20(22-17)12-24-18-6-4-3-5-7-18/h3-10,13H,11-12H2,1-2H3,(H,21,23). The number of rotatable bonds is 6. The average Bonchev–Trinajstić information content (AvgIpc) is 3.04. The summed E-state index contributed by atoms with van der Waals surface area (Å²) in [6.45, 7) is 4.49. The Morgan fingerprint density at radius 1 is 1.12 bits per heavy atom. The fraction of sp³-hybridized carbons (Fsp3) is 0.200. The second-order valence-electron chi connectivity index (χ2n) is 5.86. The van der Waals surface area contributed by atoms with Gasteiger partial charge >= 0.3 is 0 Å². The molecule has 3 aromatic rings. The second kappa shape index (κ2) is 7.94. The number of para-hydroxylation sites is 1. The molecule has 0 fully saturated rings. The van der Waals surface area contributed by atoms with E-state index in [0.29, 0.717) is 6.61 Å². The van der Waals surface area contributed by atoms with Gasteiger partial charge in [-0.2, -0.15) is 0 Å². The van der Waals surface area contributed by atoms with E-state index in [1.54, 1.807) is 0 Å². The van der Waals surface area contributed by atoms with Crippen LogP contribution in [0.1, 0.15) is 21.8 Å². The molecule has 5 heteroatoms. The van der Waals surface area contributed by atoms with Gasteiger partial charge in [0.1, 0.15) is 17.4 Å². The first-order valence-electron chi connectivity index (χ1n) is 8.08. The lowest BCUT2D eigenvalue weighted by molar-refractivity contribution is -0.115. The van der Waals surface area contributed by atoms with Crippen molar-refractivity contribution in [1.29, 1.82) is 0 Å². The van der Waals surface area contributed by atoms with Crippen molar-refractivity contribution < 1.29 is 9.53 Å². The van der Waals surface area contributed by atoms with Gasteiger partial charge in [-0.1, -0.05) is 24.3 Å². The minimum absolute atomic E-state index is 0.0657. The third-order valence-corrected chi connectivity index (χ3v) is 4.71. The lowest BCUT2D eigenvalue weighted by atomic mass is 10.1. The van der Waals surface area contributed by atoms with Gasteiger partial charge in [0.25, 0.3) is 0 Å². The lowest BCUT2D eigenvalue weighted by Crippen LogP contribution is -2.14. The molecule has 0 aliphatic rings. The first kappa shape index (κ1) is 17.2. The molecule has 128 valence electrons. The third kappa shape index (κ3) is 4.90. The molecule has 0 atom stereocenters. The van der Waals surface area contributed by atoms with Crippen molar-refractivity contribution >= 4 is 22.9 Å². The zero-order chi connectivity index (χ0) is 17.6. The van der Waals surface area contributed by atoms with Gasteiger partial charge in [-0.3, -0.25) is 4.79 Å². The number of carbonyl (C=O) groups is 1. The van der Waals surface area contributed by atoms with Crippen molar-refractivity contribution in [2.24, 2.45) is 0 Å². The van der Waals surface area contributed by atoms with Crippen LogP contribution in [0.25, 0.3) is 0 Å². The van der Waals surface area contributed by atoms with E-state index in [1.807, 2.05) is 60.8 Å². The molecule has 0 spiro atoms. The minimum Gasteiger partial charge on any atom is -0.486 e. The molecule has 0 aliphatic carbocycles. The number of thiazole rings is 1. The number of anilines is 1. The summed E-state index contributed by atoms with van der Waals surface area (Å²) >= 11 is 1.51. The maximum atomic E-state index is 12.2. The molecular formula is C20H20N2O2S. The Bertz CT molecular complexity index is 859. The van der Waals surface area contributed by atoms with Crippen molar-refractivity contribution in [1.82, 2.24) is 4.98 Å². The number of hydrogen-bond donors (Lipinski definition) is 1. The quantitative estimate of drug-likeness (QED) is 0.709. The smallest absolute Gasteiger partial charge is 0.230 e. The maximum Gasteiger partial charge on any atom is 0.230 e. The summed E-state index contributed by atoms with van der Waals surface area (Å²) in [6, 6.07) is 15.5. The SMILES string of the molecule is Cc1ccc(NC(=O)Cc2csc(COc3ccccc3)n2)cc1C. The molecule has 2 aromatic carbocycles. The Kier molecular flexibility index (Phi) is 5.46. The predicted octanol–water partition coefficient (Wildman–Crippen LogP) is 4.52. The van der Waals surface area contributed by atoms with Crippen molar-refractivity contribution in [3.63, 3.8) is 0 Å². The third-order valence-electron chi connectivity index (χ3n) is 3.84. The molecule has 4 nitrogen and oxygen atoms in total. The molecule has 1 N–H and O–H groups in total. The van der Waals surface area contributed by atoms with Crippen LogP contribution >= 0.6 is 11.3 Å². The fourth-order valence-electron chi connectivity index (χ4n) is 2.35. The summed E-state index contributed by atoms with van der Waals surface area (Å²) in [7, 11) is 0. The fourth-order valence-corrected chi connectivity index (χ4v) is 3.05. The molecule has 0 saturated carbocycles. The van der Waals surface area contributed by atoms with Crippen LogP contribution in [-0.2, 0) is 17.8 Å². The van der Waals surface area contributed by atoms with Gasteiger partial charge in [-0.05, 0) is 49.2 Å². The van der Waals surface area contributed by atoms with Gasteiger partial charge in [0.15, 0.2) is 0 Å². The van der Waals surface area contributed by atoms with Crippen molar-refractivity contribution in [3.8, 4) is 5.75 Å². The number of aryl methyl sites for hydroxylation is 2. The molecule has 0 bridgehead atoms. The highest BCUT2D eigenvalue weighted by molar-refractivity contribution is 7.09. The molecule has 0 radical (unpaired) electrons. The van der Waals surface area contributed by atoms with Crippen LogP contribution in [0.4, 0.5) is 5.69 Å². The largest absolute Gasteiger partial charge is 0.486 e. The molecule has 3 rings (SSSR count). The first-order valence-corrected chi connectivity index (χ1v) is 8.96. The number of ether oxygens (including phenoxy) is 1. The highest BCUT2D eigenvalue weighted by Gasteiger charge is 2.09. The number of nitrogens with one attached hydrogen (secondary N) is 1. The van der Waals surface area contributed by atoms with E-state index >= 15 is 0 Å². The number of hydrogen-bond acceptors (Lipinski definition) is 4. The Labute approximate surface area is 151 Å². The lowest BCUT2D eigenvalue weighted by Gasteiger charge is -2.07. The summed E-state index contributed by atoms with van der Waals surface area (Å²) < 4.78 is 5.68. The highest BCUT2D eigenvalue weighted by Crippen LogP contribution is 2.17. The van der Waals surface area contributed by atoms with Crippen LogP contribution < -0.4 is 10.1 Å². The molecule has 0 aliphatic heterocycles. The van der Waals surface area contributed by atoms with Crippen LogP contribution in [0.3, 0.4) is 0 Å².